The maximum atomic E-state index is 4.75. The van der Waals surface area contributed by atoms with Crippen LogP contribution in [0.3, 0.4) is 0 Å². The average Bonchev–Trinajstić information content (AvgIpc) is 3.16. The first-order chi connectivity index (χ1) is 16.0. The number of para-hydroxylation sites is 2. The summed E-state index contributed by atoms with van der Waals surface area (Å²) in [7, 11) is 5.81. The Morgan fingerprint density at radius 2 is 1.62 bits per heavy atom. The number of nitrogens with zero attached hydrogens (tertiary/aromatic N) is 5. The highest BCUT2D eigenvalue weighted by molar-refractivity contribution is 14.0. The van der Waals surface area contributed by atoms with E-state index in [0.717, 1.165) is 45.3 Å². The second-order valence-electron chi connectivity index (χ2n) is 8.30. The van der Waals surface area contributed by atoms with E-state index in [0.29, 0.717) is 13.1 Å². The van der Waals surface area contributed by atoms with Gasteiger partial charge in [-0.2, -0.15) is 5.10 Å². The summed E-state index contributed by atoms with van der Waals surface area (Å²) in [6.45, 7) is 5.36. The molecule has 8 heteroatoms. The van der Waals surface area contributed by atoms with Crippen LogP contribution in [-0.4, -0.2) is 41.9 Å². The first-order valence-electron chi connectivity index (χ1n) is 11.1. The third kappa shape index (κ3) is 5.67. The Hall–Kier alpha value is -3.14. The van der Waals surface area contributed by atoms with Gasteiger partial charge >= 0.3 is 0 Å². The predicted octanol–water partition coefficient (Wildman–Crippen LogP) is 4.59. The number of guanidine groups is 1. The third-order valence-corrected chi connectivity index (χ3v) is 5.59. The Labute approximate surface area is 218 Å². The van der Waals surface area contributed by atoms with Crippen molar-refractivity contribution < 1.29 is 0 Å². The Bertz CT molecular complexity index is 1290. The van der Waals surface area contributed by atoms with Gasteiger partial charge in [-0.3, -0.25) is 4.99 Å². The summed E-state index contributed by atoms with van der Waals surface area (Å²) in [5.41, 5.74) is 6.51. The standard InChI is InChI=1S/C26H31N7.HI/c1-18-14-19(2)33(31-18)24-13-9-6-10-20(24)16-28-26(27-3)29-17-21-15-25(32(4)5)30-23-12-8-7-11-22(21)23;/h6-15H,16-17H2,1-5H3,(H2,27,28,29);1H. The van der Waals surface area contributed by atoms with E-state index in [1.54, 1.807) is 7.05 Å². The molecule has 0 aliphatic carbocycles. The molecule has 34 heavy (non-hydrogen) atoms. The van der Waals surface area contributed by atoms with Gasteiger partial charge in [0.2, 0.25) is 0 Å². The first-order valence-corrected chi connectivity index (χ1v) is 11.1. The number of hydrogen-bond acceptors (Lipinski definition) is 4. The highest BCUT2D eigenvalue weighted by Gasteiger charge is 2.11. The molecule has 0 amide bonds. The summed E-state index contributed by atoms with van der Waals surface area (Å²) in [6, 6.07) is 20.7. The zero-order chi connectivity index (χ0) is 23.4. The molecule has 2 aromatic carbocycles. The van der Waals surface area contributed by atoms with Crippen molar-refractivity contribution in [3.63, 3.8) is 0 Å². The Morgan fingerprint density at radius 3 is 2.29 bits per heavy atom. The van der Waals surface area contributed by atoms with Gasteiger partial charge in [0, 0.05) is 45.3 Å². The molecule has 0 saturated heterocycles. The number of nitrogens with one attached hydrogen (secondary N) is 2. The largest absolute Gasteiger partial charge is 0.363 e. The Balaban J connectivity index is 0.00000324. The maximum Gasteiger partial charge on any atom is 0.191 e. The summed E-state index contributed by atoms with van der Waals surface area (Å²) in [6.07, 6.45) is 0. The van der Waals surface area contributed by atoms with Gasteiger partial charge in [0.05, 0.1) is 16.9 Å². The number of halogens is 1. The second-order valence-corrected chi connectivity index (χ2v) is 8.30. The number of benzene rings is 2. The molecule has 2 N–H and O–H groups in total. The van der Waals surface area contributed by atoms with Gasteiger partial charge in [0.25, 0.3) is 0 Å². The maximum absolute atomic E-state index is 4.75. The molecular weight excluding hydrogens is 537 g/mol. The molecule has 0 unspecified atom stereocenters. The molecule has 0 radical (unpaired) electrons. The van der Waals surface area contributed by atoms with Crippen LogP contribution >= 0.6 is 24.0 Å². The predicted molar refractivity (Wildman–Crippen MR) is 152 cm³/mol. The SMILES string of the molecule is CN=C(NCc1ccccc1-n1nc(C)cc1C)NCc1cc(N(C)C)nc2ccccc12.I. The highest BCUT2D eigenvalue weighted by atomic mass is 127. The van der Waals surface area contributed by atoms with Crippen LogP contribution in [0.25, 0.3) is 16.6 Å². The lowest BCUT2D eigenvalue weighted by atomic mass is 10.1. The fourth-order valence-corrected chi connectivity index (χ4v) is 3.93. The zero-order valence-electron chi connectivity index (χ0n) is 20.3. The number of aryl methyl sites for hydroxylation is 2. The van der Waals surface area contributed by atoms with Crippen LogP contribution in [0.4, 0.5) is 5.82 Å². The smallest absolute Gasteiger partial charge is 0.191 e. The van der Waals surface area contributed by atoms with Crippen molar-refractivity contribution in [2.24, 2.45) is 4.99 Å². The quantitative estimate of drug-likeness (QED) is 0.202. The van der Waals surface area contributed by atoms with E-state index in [9.17, 15) is 0 Å². The van der Waals surface area contributed by atoms with Crippen molar-refractivity contribution in [3.8, 4) is 5.69 Å². The summed E-state index contributed by atoms with van der Waals surface area (Å²) in [4.78, 5) is 11.2. The third-order valence-electron chi connectivity index (χ3n) is 5.59. The fourth-order valence-electron chi connectivity index (χ4n) is 3.93. The summed E-state index contributed by atoms with van der Waals surface area (Å²) >= 11 is 0. The number of aliphatic imine (C=N–C) groups is 1. The number of pyridine rings is 1. The summed E-state index contributed by atoms with van der Waals surface area (Å²) in [5, 5.41) is 12.7. The Kier molecular flexibility index (Phi) is 8.49. The molecule has 0 saturated carbocycles. The lowest BCUT2D eigenvalue weighted by Gasteiger charge is -2.17. The normalized spacial score (nSPS) is 11.3. The van der Waals surface area contributed by atoms with E-state index in [-0.39, 0.29) is 24.0 Å². The molecule has 0 bridgehead atoms. The van der Waals surface area contributed by atoms with Gasteiger partial charge in [-0.15, -0.1) is 24.0 Å². The minimum atomic E-state index is 0. The number of fused-ring (bicyclic) bond motifs is 1. The van der Waals surface area contributed by atoms with E-state index in [1.807, 2.05) is 54.9 Å². The molecule has 7 nitrogen and oxygen atoms in total. The molecule has 4 rings (SSSR count). The van der Waals surface area contributed by atoms with Gasteiger partial charge in [0.1, 0.15) is 5.82 Å². The van der Waals surface area contributed by atoms with E-state index in [2.05, 4.69) is 64.0 Å². The van der Waals surface area contributed by atoms with Crippen LogP contribution < -0.4 is 15.5 Å². The molecule has 0 aliphatic heterocycles. The van der Waals surface area contributed by atoms with Crippen LogP contribution in [0.5, 0.6) is 0 Å². The molecule has 0 spiro atoms. The van der Waals surface area contributed by atoms with E-state index < -0.39 is 0 Å². The topological polar surface area (TPSA) is 70.4 Å². The van der Waals surface area contributed by atoms with Crippen molar-refractivity contribution in [2.45, 2.75) is 26.9 Å². The zero-order valence-corrected chi connectivity index (χ0v) is 22.7. The lowest BCUT2D eigenvalue weighted by Crippen LogP contribution is -2.36. The highest BCUT2D eigenvalue weighted by Crippen LogP contribution is 2.22. The average molecular weight is 569 g/mol. The molecule has 0 atom stereocenters. The van der Waals surface area contributed by atoms with Gasteiger partial charge in [-0.05, 0) is 49.2 Å². The van der Waals surface area contributed by atoms with E-state index >= 15 is 0 Å². The molecular formula is C26H32IN7. The van der Waals surface area contributed by atoms with Crippen LogP contribution in [-0.2, 0) is 13.1 Å². The minimum Gasteiger partial charge on any atom is -0.363 e. The molecule has 2 aromatic heterocycles. The van der Waals surface area contributed by atoms with Crippen LogP contribution in [0.1, 0.15) is 22.5 Å². The number of rotatable bonds is 6. The van der Waals surface area contributed by atoms with Gasteiger partial charge < -0.3 is 15.5 Å². The summed E-state index contributed by atoms with van der Waals surface area (Å²) < 4.78 is 1.99. The van der Waals surface area contributed by atoms with Crippen molar-refractivity contribution in [1.29, 1.82) is 0 Å². The second kappa shape index (κ2) is 11.3. The number of hydrogen-bond donors (Lipinski definition) is 2. The van der Waals surface area contributed by atoms with Gasteiger partial charge in [-0.1, -0.05) is 36.4 Å². The van der Waals surface area contributed by atoms with Crippen LogP contribution in [0, 0.1) is 13.8 Å². The fraction of sp³-hybridized carbons (Fsp3) is 0.269. The first kappa shape index (κ1) is 25.5. The van der Waals surface area contributed by atoms with Crippen molar-refractivity contribution in [1.82, 2.24) is 25.4 Å². The minimum absolute atomic E-state index is 0. The molecule has 2 heterocycles. The number of anilines is 1. The van der Waals surface area contributed by atoms with E-state index in [4.69, 9.17) is 4.98 Å². The molecule has 0 aliphatic rings. The lowest BCUT2D eigenvalue weighted by molar-refractivity contribution is 0.782. The molecule has 4 aromatic rings. The van der Waals surface area contributed by atoms with Crippen molar-refractivity contribution in [2.75, 3.05) is 26.0 Å². The number of aromatic nitrogens is 3. The van der Waals surface area contributed by atoms with E-state index in [1.165, 1.54) is 5.56 Å². The summed E-state index contributed by atoms with van der Waals surface area (Å²) in [5.74, 6) is 1.68. The van der Waals surface area contributed by atoms with Crippen LogP contribution in [0.2, 0.25) is 0 Å². The molecule has 0 fully saturated rings. The monoisotopic (exact) mass is 569 g/mol. The Morgan fingerprint density at radius 1 is 0.941 bits per heavy atom. The van der Waals surface area contributed by atoms with Crippen molar-refractivity contribution in [3.05, 3.63) is 83.2 Å². The van der Waals surface area contributed by atoms with Crippen molar-refractivity contribution >= 4 is 46.7 Å². The molecule has 178 valence electrons. The van der Waals surface area contributed by atoms with Gasteiger partial charge in [0.15, 0.2) is 5.96 Å². The van der Waals surface area contributed by atoms with Crippen LogP contribution in [0.15, 0.2) is 65.7 Å². The van der Waals surface area contributed by atoms with Gasteiger partial charge in [-0.25, -0.2) is 9.67 Å².